The molecule has 30 heavy (non-hydrogen) atoms. The highest BCUT2D eigenvalue weighted by molar-refractivity contribution is 7.91. The summed E-state index contributed by atoms with van der Waals surface area (Å²) >= 11 is 0. The van der Waals surface area contributed by atoms with E-state index in [4.69, 9.17) is 4.42 Å². The molecule has 2 aromatic carbocycles. The summed E-state index contributed by atoms with van der Waals surface area (Å²) in [6, 6.07) is 12.0. The van der Waals surface area contributed by atoms with Crippen molar-refractivity contribution < 1.29 is 26.0 Å². The van der Waals surface area contributed by atoms with Crippen LogP contribution in [0.5, 0.6) is 0 Å². The molecule has 0 radical (unpaired) electrons. The van der Waals surface area contributed by atoms with Gasteiger partial charge in [0.05, 0.1) is 15.5 Å². The van der Waals surface area contributed by atoms with Crippen LogP contribution in [-0.4, -0.2) is 44.9 Å². The Balaban J connectivity index is 1.61. The van der Waals surface area contributed by atoms with Crippen LogP contribution in [-0.2, 0) is 24.5 Å². The largest absolute Gasteiger partial charge is 0.403 e. The fraction of sp³-hybridized carbons (Fsp3) is 0.211. The number of hydrogen-bond donors (Lipinski definition) is 1. The van der Waals surface area contributed by atoms with Crippen molar-refractivity contribution in [1.29, 1.82) is 0 Å². The van der Waals surface area contributed by atoms with Crippen molar-refractivity contribution in [3.63, 3.8) is 0 Å². The van der Waals surface area contributed by atoms with Gasteiger partial charge in [0.1, 0.15) is 0 Å². The average molecular weight is 450 g/mol. The zero-order chi connectivity index (χ0) is 21.9. The SMILES string of the molecule is Cc1ccc(S(=O)(=O)CCC(=O)Nc2nnc(-c3ccc(S(C)(=O)=O)cc3)o2)cc1. The maximum atomic E-state index is 12.3. The molecule has 3 rings (SSSR count). The van der Waals surface area contributed by atoms with E-state index in [2.05, 4.69) is 15.5 Å². The van der Waals surface area contributed by atoms with Crippen molar-refractivity contribution in [2.75, 3.05) is 17.3 Å². The number of nitrogens with one attached hydrogen (secondary N) is 1. The minimum absolute atomic E-state index is 0.0811. The van der Waals surface area contributed by atoms with E-state index in [1.54, 1.807) is 12.1 Å². The molecular weight excluding hydrogens is 430 g/mol. The van der Waals surface area contributed by atoms with Crippen LogP contribution in [0.25, 0.3) is 11.5 Å². The smallest absolute Gasteiger partial charge is 0.322 e. The number of aryl methyl sites for hydroxylation is 1. The molecule has 0 saturated carbocycles. The van der Waals surface area contributed by atoms with Gasteiger partial charge in [-0.25, -0.2) is 16.8 Å². The third-order valence-electron chi connectivity index (χ3n) is 4.18. The highest BCUT2D eigenvalue weighted by Gasteiger charge is 2.18. The van der Waals surface area contributed by atoms with Gasteiger partial charge in [-0.05, 0) is 43.3 Å². The van der Waals surface area contributed by atoms with Gasteiger partial charge >= 0.3 is 6.01 Å². The number of benzene rings is 2. The lowest BCUT2D eigenvalue weighted by molar-refractivity contribution is -0.115. The van der Waals surface area contributed by atoms with E-state index in [1.807, 2.05) is 6.92 Å². The molecule has 0 saturated heterocycles. The Morgan fingerprint density at radius 2 is 1.53 bits per heavy atom. The van der Waals surface area contributed by atoms with Gasteiger partial charge in [0.2, 0.25) is 11.8 Å². The molecule has 0 bridgehead atoms. The lowest BCUT2D eigenvalue weighted by atomic mass is 10.2. The zero-order valence-corrected chi connectivity index (χ0v) is 17.8. The predicted octanol–water partition coefficient (Wildman–Crippen LogP) is 2.25. The van der Waals surface area contributed by atoms with Crippen molar-refractivity contribution in [1.82, 2.24) is 10.2 Å². The van der Waals surface area contributed by atoms with Gasteiger partial charge in [0.25, 0.3) is 0 Å². The first-order valence-corrected chi connectivity index (χ1v) is 12.3. The molecule has 1 aromatic heterocycles. The van der Waals surface area contributed by atoms with Crippen LogP contribution in [0.2, 0.25) is 0 Å². The Bertz CT molecular complexity index is 1260. The number of carbonyl (C=O) groups is 1. The van der Waals surface area contributed by atoms with E-state index in [9.17, 15) is 21.6 Å². The van der Waals surface area contributed by atoms with E-state index < -0.39 is 25.6 Å². The Kier molecular flexibility index (Phi) is 6.04. The molecule has 1 heterocycles. The fourth-order valence-corrected chi connectivity index (χ4v) is 4.38. The quantitative estimate of drug-likeness (QED) is 0.580. The third kappa shape index (κ3) is 5.30. The van der Waals surface area contributed by atoms with E-state index in [0.29, 0.717) is 5.56 Å². The molecule has 1 N–H and O–H groups in total. The van der Waals surface area contributed by atoms with Crippen LogP contribution in [0.1, 0.15) is 12.0 Å². The van der Waals surface area contributed by atoms with Gasteiger partial charge < -0.3 is 4.42 Å². The lowest BCUT2D eigenvalue weighted by Gasteiger charge is -2.04. The van der Waals surface area contributed by atoms with E-state index in [1.165, 1.54) is 36.4 Å². The second-order valence-electron chi connectivity index (χ2n) is 6.64. The van der Waals surface area contributed by atoms with Crippen LogP contribution in [0, 0.1) is 6.92 Å². The van der Waals surface area contributed by atoms with Gasteiger partial charge in [0, 0.05) is 18.2 Å². The van der Waals surface area contributed by atoms with E-state index in [-0.39, 0.29) is 33.9 Å². The topological polar surface area (TPSA) is 136 Å². The summed E-state index contributed by atoms with van der Waals surface area (Å²) in [6.07, 6.45) is 0.818. The summed E-state index contributed by atoms with van der Waals surface area (Å²) in [5.74, 6) is -0.874. The average Bonchev–Trinajstić information content (AvgIpc) is 3.15. The highest BCUT2D eigenvalue weighted by atomic mass is 32.2. The first-order valence-electron chi connectivity index (χ1n) is 8.78. The molecule has 158 valence electrons. The summed E-state index contributed by atoms with van der Waals surface area (Å²) in [4.78, 5) is 12.4. The molecule has 0 spiro atoms. The molecule has 0 fully saturated rings. The van der Waals surface area contributed by atoms with Gasteiger partial charge in [-0.2, -0.15) is 0 Å². The molecule has 1 amide bonds. The second kappa shape index (κ2) is 8.36. The second-order valence-corrected chi connectivity index (χ2v) is 10.8. The number of aromatic nitrogens is 2. The monoisotopic (exact) mass is 449 g/mol. The molecule has 0 aliphatic heterocycles. The normalized spacial score (nSPS) is 11.9. The predicted molar refractivity (Wildman–Crippen MR) is 109 cm³/mol. The molecular formula is C19H19N3O6S2. The van der Waals surface area contributed by atoms with Crippen molar-refractivity contribution in [2.24, 2.45) is 0 Å². The Morgan fingerprint density at radius 1 is 0.933 bits per heavy atom. The zero-order valence-electron chi connectivity index (χ0n) is 16.2. The third-order valence-corrected chi connectivity index (χ3v) is 7.04. The first-order chi connectivity index (χ1) is 14.0. The highest BCUT2D eigenvalue weighted by Crippen LogP contribution is 2.22. The molecule has 0 atom stereocenters. The summed E-state index contributed by atoms with van der Waals surface area (Å²) < 4.78 is 53.0. The van der Waals surface area contributed by atoms with Crippen molar-refractivity contribution in [2.45, 2.75) is 23.1 Å². The van der Waals surface area contributed by atoms with Crippen LogP contribution < -0.4 is 5.32 Å². The summed E-state index contributed by atoms with van der Waals surface area (Å²) in [5.41, 5.74) is 1.40. The van der Waals surface area contributed by atoms with Gasteiger partial charge in [-0.1, -0.05) is 22.8 Å². The van der Waals surface area contributed by atoms with Crippen molar-refractivity contribution >= 4 is 31.6 Å². The maximum absolute atomic E-state index is 12.3. The van der Waals surface area contributed by atoms with Gasteiger partial charge in [0.15, 0.2) is 19.7 Å². The molecule has 9 nitrogen and oxygen atoms in total. The minimum atomic E-state index is -3.59. The number of hydrogen-bond acceptors (Lipinski definition) is 8. The fourth-order valence-electron chi connectivity index (χ4n) is 2.51. The standard InChI is InChI=1S/C19H19N3O6S2/c1-13-3-7-16(8-4-13)30(26,27)12-11-17(23)20-19-22-21-18(28-19)14-5-9-15(10-6-14)29(2,24)25/h3-10H,11-12H2,1-2H3,(H,20,22,23). The van der Waals surface area contributed by atoms with Crippen molar-refractivity contribution in [3.8, 4) is 11.5 Å². The Labute approximate surface area is 174 Å². The lowest BCUT2D eigenvalue weighted by Crippen LogP contribution is -2.17. The summed E-state index contributed by atoms with van der Waals surface area (Å²) in [7, 11) is -6.92. The number of amides is 1. The number of sulfone groups is 2. The van der Waals surface area contributed by atoms with E-state index >= 15 is 0 Å². The van der Waals surface area contributed by atoms with Gasteiger partial charge in [-0.3, -0.25) is 10.1 Å². The van der Waals surface area contributed by atoms with Crippen LogP contribution >= 0.6 is 0 Å². The summed E-state index contributed by atoms with van der Waals surface area (Å²) in [5, 5.41) is 9.86. The van der Waals surface area contributed by atoms with Crippen LogP contribution in [0.15, 0.2) is 62.7 Å². The Morgan fingerprint density at radius 3 is 2.13 bits per heavy atom. The van der Waals surface area contributed by atoms with Crippen LogP contribution in [0.4, 0.5) is 6.01 Å². The maximum Gasteiger partial charge on any atom is 0.322 e. The van der Waals surface area contributed by atoms with E-state index in [0.717, 1.165) is 11.8 Å². The van der Waals surface area contributed by atoms with Gasteiger partial charge in [-0.15, -0.1) is 5.10 Å². The molecule has 0 aliphatic carbocycles. The summed E-state index contributed by atoms with van der Waals surface area (Å²) in [6.45, 7) is 1.85. The molecule has 3 aromatic rings. The number of carbonyl (C=O) groups excluding carboxylic acids is 1. The van der Waals surface area contributed by atoms with Crippen molar-refractivity contribution in [3.05, 3.63) is 54.1 Å². The molecule has 0 unspecified atom stereocenters. The number of nitrogens with zero attached hydrogens (tertiary/aromatic N) is 2. The van der Waals surface area contributed by atoms with Crippen LogP contribution in [0.3, 0.4) is 0 Å². The molecule has 11 heteroatoms. The molecule has 0 aliphatic rings. The number of anilines is 1. The first kappa shape index (κ1) is 21.7. The minimum Gasteiger partial charge on any atom is -0.403 e. The Hall–Kier alpha value is -3.05. The number of rotatable bonds is 7.